The van der Waals surface area contributed by atoms with Crippen LogP contribution in [0.25, 0.3) is 0 Å². The van der Waals surface area contributed by atoms with E-state index in [1.807, 2.05) is 0 Å². The predicted octanol–water partition coefficient (Wildman–Crippen LogP) is -3.40. The summed E-state index contributed by atoms with van der Waals surface area (Å²) < 4.78 is 0.455. The number of hydrazine groups is 1. The van der Waals surface area contributed by atoms with Crippen LogP contribution in [0.3, 0.4) is 0 Å². The normalized spacial score (nSPS) is 16.4. The molecule has 0 saturated carbocycles. The summed E-state index contributed by atoms with van der Waals surface area (Å²) in [5.41, 5.74) is 2.92. The van der Waals surface area contributed by atoms with Gasteiger partial charge in [0.05, 0.1) is 0 Å². The van der Waals surface area contributed by atoms with Crippen LogP contribution in [-0.4, -0.2) is 27.9 Å². The van der Waals surface area contributed by atoms with Crippen LogP contribution in [0.4, 0.5) is 0 Å². The van der Waals surface area contributed by atoms with Gasteiger partial charge in [0.1, 0.15) is 0 Å². The fraction of sp³-hybridized carbons (Fsp3) is 0.800. The van der Waals surface area contributed by atoms with Gasteiger partial charge in [0.25, 0.3) is 0 Å². The molecule has 1 aliphatic heterocycles. The van der Waals surface area contributed by atoms with Crippen molar-refractivity contribution in [1.82, 2.24) is 10.4 Å². The third-order valence-electron chi connectivity index (χ3n) is 1.36. The predicted molar refractivity (Wildman–Crippen MR) is 47.5 cm³/mol. The molecule has 0 aromatic carbocycles. The van der Waals surface area contributed by atoms with Crippen molar-refractivity contribution in [1.29, 1.82) is 0 Å². The van der Waals surface area contributed by atoms with Gasteiger partial charge in [0.2, 0.25) is 0 Å². The van der Waals surface area contributed by atoms with Crippen molar-refractivity contribution in [3.05, 3.63) is 0 Å². The Morgan fingerprint density at radius 2 is 1.82 bits per heavy atom. The summed E-state index contributed by atoms with van der Waals surface area (Å²) in [6, 6.07) is 0. The van der Waals surface area contributed by atoms with Crippen LogP contribution in [-0.2, 0) is 12.6 Å². The van der Waals surface area contributed by atoms with Gasteiger partial charge < -0.3 is 35.7 Å². The van der Waals surface area contributed by atoms with Gasteiger partial charge in [0.15, 0.2) is 0 Å². The molecule has 0 bridgehead atoms. The molecule has 0 spiro atoms. The van der Waals surface area contributed by atoms with Crippen molar-refractivity contribution in [3.8, 4) is 0 Å². The van der Waals surface area contributed by atoms with Gasteiger partial charge in [-0.2, -0.15) is 0 Å². The largest absolute Gasteiger partial charge is 1.00 e. The second-order valence-corrected chi connectivity index (χ2v) is 3.17. The van der Waals surface area contributed by atoms with E-state index in [1.54, 1.807) is 0 Å². The molecule has 1 rings (SSSR count). The maximum absolute atomic E-state index is 4.69. The summed E-state index contributed by atoms with van der Waals surface area (Å²) in [6.45, 7) is 2.16. The van der Waals surface area contributed by atoms with Crippen molar-refractivity contribution < 1.29 is 35.0 Å². The molecule has 6 heteroatoms. The molecule has 0 aliphatic carbocycles. The third-order valence-corrected chi connectivity index (χ3v) is 1.54. The van der Waals surface area contributed by atoms with Crippen LogP contribution < -0.4 is 35.0 Å². The molecule has 0 aromatic rings. The van der Waals surface area contributed by atoms with E-state index in [1.165, 1.54) is 12.8 Å². The van der Waals surface area contributed by atoms with Crippen LogP contribution in [0.1, 0.15) is 12.8 Å². The van der Waals surface area contributed by atoms with E-state index < -0.39 is 0 Å². The SMILES string of the molecule is O.S=C([S-])NN1CCCC1.[Na+]. The summed E-state index contributed by atoms with van der Waals surface area (Å²) in [5, 5.41) is 2.06. The Morgan fingerprint density at radius 1 is 1.36 bits per heavy atom. The molecule has 0 amide bonds. The van der Waals surface area contributed by atoms with E-state index >= 15 is 0 Å². The molecule has 1 aliphatic rings. The molecule has 3 nitrogen and oxygen atoms in total. The Kier molecular flexibility index (Phi) is 10.1. The topological polar surface area (TPSA) is 46.8 Å². The fourth-order valence-corrected chi connectivity index (χ4v) is 1.22. The zero-order valence-corrected chi connectivity index (χ0v) is 10.2. The van der Waals surface area contributed by atoms with Crippen molar-refractivity contribution in [3.63, 3.8) is 0 Å². The Balaban J connectivity index is 0. The van der Waals surface area contributed by atoms with E-state index in [0.29, 0.717) is 4.32 Å². The second kappa shape index (κ2) is 7.67. The molecule has 60 valence electrons. The van der Waals surface area contributed by atoms with Gasteiger partial charge in [-0.25, -0.2) is 5.01 Å². The van der Waals surface area contributed by atoms with E-state index in [9.17, 15) is 0 Å². The summed E-state index contributed by atoms with van der Waals surface area (Å²) in [7, 11) is 0. The quantitative estimate of drug-likeness (QED) is 0.273. The molecule has 1 saturated heterocycles. The molecule has 0 unspecified atom stereocenters. The summed E-state index contributed by atoms with van der Waals surface area (Å²) in [6.07, 6.45) is 2.51. The molecule has 1 heterocycles. The van der Waals surface area contributed by atoms with Crippen LogP contribution in [0.2, 0.25) is 0 Å². The average Bonchev–Trinajstić information content (AvgIpc) is 2.15. The van der Waals surface area contributed by atoms with E-state index in [2.05, 4.69) is 10.4 Å². The number of rotatable bonds is 1. The minimum Gasteiger partial charge on any atom is -0.412 e. The first-order valence-corrected chi connectivity index (χ1v) is 3.83. The van der Waals surface area contributed by atoms with E-state index in [4.69, 9.17) is 24.8 Å². The number of hydrogen-bond donors (Lipinski definition) is 1. The molecule has 0 atom stereocenters. The fourth-order valence-electron chi connectivity index (χ4n) is 0.958. The maximum atomic E-state index is 4.69. The summed E-state index contributed by atoms with van der Waals surface area (Å²) >= 11 is 9.39. The van der Waals surface area contributed by atoms with Gasteiger partial charge in [-0.1, -0.05) is 0 Å². The van der Waals surface area contributed by atoms with Crippen molar-refractivity contribution >= 4 is 29.2 Å². The standard InChI is InChI=1S/C5H10N2S2.Na.H2O/c8-5(9)6-7-3-1-2-4-7;;/h1-4H2,(H2,6,8,9);;1H2/q;+1;/p-1. The monoisotopic (exact) mass is 202 g/mol. The van der Waals surface area contributed by atoms with E-state index in [-0.39, 0.29) is 35.0 Å². The van der Waals surface area contributed by atoms with Gasteiger partial charge >= 0.3 is 29.6 Å². The van der Waals surface area contributed by atoms with Crippen LogP contribution in [0.15, 0.2) is 0 Å². The molecular weight excluding hydrogens is 191 g/mol. The van der Waals surface area contributed by atoms with Crippen molar-refractivity contribution in [2.45, 2.75) is 12.8 Å². The second-order valence-electron chi connectivity index (χ2n) is 2.09. The number of hydrogen-bond acceptors (Lipinski definition) is 3. The van der Waals surface area contributed by atoms with Crippen molar-refractivity contribution in [2.24, 2.45) is 0 Å². The molecular formula is C5H11N2NaOS2. The van der Waals surface area contributed by atoms with Gasteiger partial charge in [-0.15, -0.1) is 0 Å². The van der Waals surface area contributed by atoms with Gasteiger partial charge in [-0.05, 0) is 17.2 Å². The Bertz CT molecular complexity index is 119. The zero-order chi connectivity index (χ0) is 6.69. The van der Waals surface area contributed by atoms with Gasteiger partial charge in [-0.3, -0.25) is 0 Å². The first-order chi connectivity index (χ1) is 4.29. The molecule has 1 fully saturated rings. The molecule has 0 radical (unpaired) electrons. The Hall–Kier alpha value is 1.03. The van der Waals surface area contributed by atoms with E-state index in [0.717, 1.165) is 13.1 Å². The summed E-state index contributed by atoms with van der Waals surface area (Å²) in [5.74, 6) is 0. The number of nitrogens with zero attached hydrogens (tertiary/aromatic N) is 1. The first kappa shape index (κ1) is 14.5. The van der Waals surface area contributed by atoms with Crippen molar-refractivity contribution in [2.75, 3.05) is 13.1 Å². The number of thiocarbonyl (C=S) groups is 1. The smallest absolute Gasteiger partial charge is 0.412 e. The first-order valence-electron chi connectivity index (χ1n) is 3.01. The van der Waals surface area contributed by atoms with Crippen LogP contribution >= 0.6 is 12.2 Å². The molecule has 0 aromatic heterocycles. The minimum atomic E-state index is 0. The van der Waals surface area contributed by atoms with Crippen LogP contribution in [0.5, 0.6) is 0 Å². The molecule has 11 heavy (non-hydrogen) atoms. The van der Waals surface area contributed by atoms with Gasteiger partial charge in [0, 0.05) is 13.1 Å². The van der Waals surface area contributed by atoms with Crippen LogP contribution in [0, 0.1) is 0 Å². The third kappa shape index (κ3) is 6.21. The summed E-state index contributed by atoms with van der Waals surface area (Å²) in [4.78, 5) is 0. The Labute approximate surface area is 99.9 Å². The number of nitrogens with one attached hydrogen (secondary N) is 1. The maximum Gasteiger partial charge on any atom is 1.00 e. The minimum absolute atomic E-state index is 0. The Morgan fingerprint density at radius 3 is 2.18 bits per heavy atom. The molecule has 3 N–H and O–H groups in total. The average molecular weight is 202 g/mol. The zero-order valence-electron chi connectivity index (χ0n) is 6.59.